The van der Waals surface area contributed by atoms with Gasteiger partial charge in [0.2, 0.25) is 0 Å². The standard InChI is InChI=1S/C13H24N6O2S/c1-14-12-8-10(9-19(4)22(20,21)18(2)3)16-13(17-12)11-6-5-7-15-11/h8,11,15H,5-7,9H2,1-4H3,(H,14,16,17)/t11-/m0/s1. The molecule has 1 atom stereocenters. The predicted molar refractivity (Wildman–Crippen MR) is 85.6 cm³/mol. The minimum atomic E-state index is -3.46. The molecule has 124 valence electrons. The molecule has 9 heteroatoms. The Kier molecular flexibility index (Phi) is 5.32. The Morgan fingerprint density at radius 3 is 2.64 bits per heavy atom. The summed E-state index contributed by atoms with van der Waals surface area (Å²) in [7, 11) is 2.90. The van der Waals surface area contributed by atoms with Gasteiger partial charge in [-0.3, -0.25) is 0 Å². The second kappa shape index (κ2) is 6.86. The average molecular weight is 328 g/mol. The Balaban J connectivity index is 2.25. The number of rotatable bonds is 6. The highest BCUT2D eigenvalue weighted by atomic mass is 32.2. The van der Waals surface area contributed by atoms with Crippen LogP contribution >= 0.6 is 0 Å². The van der Waals surface area contributed by atoms with E-state index in [9.17, 15) is 8.42 Å². The van der Waals surface area contributed by atoms with Crippen molar-refractivity contribution in [2.24, 2.45) is 0 Å². The van der Waals surface area contributed by atoms with Gasteiger partial charge in [-0.25, -0.2) is 9.97 Å². The summed E-state index contributed by atoms with van der Waals surface area (Å²) in [5.74, 6) is 1.42. The van der Waals surface area contributed by atoms with Gasteiger partial charge in [0.25, 0.3) is 10.2 Å². The van der Waals surface area contributed by atoms with Gasteiger partial charge in [-0.2, -0.15) is 17.0 Å². The fourth-order valence-electron chi connectivity index (χ4n) is 2.38. The molecule has 1 aromatic rings. The number of hydrogen-bond donors (Lipinski definition) is 2. The Morgan fingerprint density at radius 2 is 2.09 bits per heavy atom. The van der Waals surface area contributed by atoms with Crippen LogP contribution in [0.3, 0.4) is 0 Å². The van der Waals surface area contributed by atoms with Crippen LogP contribution in [0.5, 0.6) is 0 Å². The third kappa shape index (κ3) is 3.72. The second-order valence-electron chi connectivity index (χ2n) is 5.55. The molecule has 1 aliphatic heterocycles. The van der Waals surface area contributed by atoms with Crippen molar-refractivity contribution in [1.29, 1.82) is 0 Å². The lowest BCUT2D eigenvalue weighted by Crippen LogP contribution is -2.37. The molecular formula is C13H24N6O2S. The number of hydrogen-bond acceptors (Lipinski definition) is 6. The van der Waals surface area contributed by atoms with Gasteiger partial charge >= 0.3 is 0 Å². The first kappa shape index (κ1) is 17.1. The summed E-state index contributed by atoms with van der Waals surface area (Å²) in [6.07, 6.45) is 2.10. The molecule has 0 aliphatic carbocycles. The van der Waals surface area contributed by atoms with Crippen LogP contribution in [0.25, 0.3) is 0 Å². The molecule has 2 N–H and O–H groups in total. The molecular weight excluding hydrogens is 304 g/mol. The smallest absolute Gasteiger partial charge is 0.281 e. The van der Waals surface area contributed by atoms with Crippen LogP contribution in [0.15, 0.2) is 6.07 Å². The van der Waals surface area contributed by atoms with Crippen LogP contribution in [-0.4, -0.2) is 61.7 Å². The lowest BCUT2D eigenvalue weighted by atomic mass is 10.2. The fraction of sp³-hybridized carbons (Fsp3) is 0.692. The summed E-state index contributed by atoms with van der Waals surface area (Å²) >= 11 is 0. The number of aromatic nitrogens is 2. The van der Waals surface area contributed by atoms with Crippen molar-refractivity contribution < 1.29 is 8.42 Å². The maximum absolute atomic E-state index is 12.1. The van der Waals surface area contributed by atoms with Crippen molar-refractivity contribution in [2.45, 2.75) is 25.4 Å². The summed E-state index contributed by atoms with van der Waals surface area (Å²) in [5, 5.41) is 6.37. The number of anilines is 1. The minimum Gasteiger partial charge on any atom is -0.373 e. The lowest BCUT2D eigenvalue weighted by molar-refractivity contribution is 0.410. The molecule has 0 aromatic carbocycles. The largest absolute Gasteiger partial charge is 0.373 e. The number of nitrogens with zero attached hydrogens (tertiary/aromatic N) is 4. The van der Waals surface area contributed by atoms with Crippen LogP contribution in [-0.2, 0) is 16.8 Å². The first-order valence-electron chi connectivity index (χ1n) is 7.27. The summed E-state index contributed by atoms with van der Waals surface area (Å²) < 4.78 is 26.7. The van der Waals surface area contributed by atoms with E-state index < -0.39 is 10.2 Å². The number of nitrogens with one attached hydrogen (secondary N) is 2. The van der Waals surface area contributed by atoms with Crippen molar-refractivity contribution in [1.82, 2.24) is 23.9 Å². The van der Waals surface area contributed by atoms with Crippen LogP contribution in [0, 0.1) is 0 Å². The van der Waals surface area contributed by atoms with Gasteiger partial charge in [0.15, 0.2) is 0 Å². The third-order valence-corrected chi connectivity index (χ3v) is 5.50. The third-order valence-electron chi connectivity index (χ3n) is 3.66. The monoisotopic (exact) mass is 328 g/mol. The van der Waals surface area contributed by atoms with Gasteiger partial charge in [0.1, 0.15) is 11.6 Å². The van der Waals surface area contributed by atoms with Crippen molar-refractivity contribution >= 4 is 16.0 Å². The van der Waals surface area contributed by atoms with Crippen molar-refractivity contribution in [3.63, 3.8) is 0 Å². The van der Waals surface area contributed by atoms with Crippen molar-refractivity contribution in [2.75, 3.05) is 40.1 Å². The van der Waals surface area contributed by atoms with E-state index >= 15 is 0 Å². The highest BCUT2D eigenvalue weighted by Crippen LogP contribution is 2.22. The molecule has 8 nitrogen and oxygen atoms in total. The second-order valence-corrected chi connectivity index (χ2v) is 7.80. The maximum atomic E-state index is 12.1. The van der Waals surface area contributed by atoms with Crippen LogP contribution in [0.2, 0.25) is 0 Å². The van der Waals surface area contributed by atoms with E-state index in [1.54, 1.807) is 20.2 Å². The zero-order chi connectivity index (χ0) is 16.3. The predicted octanol–water partition coefficient (Wildman–Crippen LogP) is 0.181. The van der Waals surface area contributed by atoms with Gasteiger partial charge in [0.05, 0.1) is 18.3 Å². The molecule has 0 unspecified atom stereocenters. The molecule has 1 fully saturated rings. The van der Waals surface area contributed by atoms with Crippen LogP contribution < -0.4 is 10.6 Å². The van der Waals surface area contributed by atoms with E-state index in [0.29, 0.717) is 11.5 Å². The molecule has 0 bridgehead atoms. The Morgan fingerprint density at radius 1 is 1.36 bits per heavy atom. The van der Waals surface area contributed by atoms with E-state index in [-0.39, 0.29) is 12.6 Å². The van der Waals surface area contributed by atoms with Crippen LogP contribution in [0.1, 0.15) is 30.4 Å². The van der Waals surface area contributed by atoms with Gasteiger partial charge in [-0.15, -0.1) is 0 Å². The molecule has 0 saturated carbocycles. The van der Waals surface area contributed by atoms with Gasteiger partial charge in [-0.1, -0.05) is 0 Å². The van der Waals surface area contributed by atoms with Gasteiger partial charge in [0, 0.05) is 34.3 Å². The lowest BCUT2D eigenvalue weighted by Gasteiger charge is -2.21. The van der Waals surface area contributed by atoms with Crippen molar-refractivity contribution in [3.05, 3.63) is 17.6 Å². The molecule has 1 aliphatic rings. The normalized spacial score (nSPS) is 19.1. The van der Waals surface area contributed by atoms with E-state index in [1.807, 2.05) is 0 Å². The molecule has 0 spiro atoms. The maximum Gasteiger partial charge on any atom is 0.281 e. The first-order valence-corrected chi connectivity index (χ1v) is 8.67. The van der Waals surface area contributed by atoms with E-state index in [0.717, 1.165) is 25.2 Å². The Hall–Kier alpha value is -1.29. The molecule has 22 heavy (non-hydrogen) atoms. The zero-order valence-corrected chi connectivity index (χ0v) is 14.3. The highest BCUT2D eigenvalue weighted by Gasteiger charge is 2.23. The average Bonchev–Trinajstić information content (AvgIpc) is 3.00. The molecule has 0 amide bonds. The molecule has 1 saturated heterocycles. The molecule has 2 heterocycles. The highest BCUT2D eigenvalue weighted by molar-refractivity contribution is 7.86. The quantitative estimate of drug-likeness (QED) is 0.774. The van der Waals surface area contributed by atoms with E-state index in [2.05, 4.69) is 20.6 Å². The fourth-order valence-corrected chi connectivity index (χ4v) is 3.23. The molecule has 0 radical (unpaired) electrons. The Bertz CT molecular complexity index is 613. The first-order chi connectivity index (χ1) is 10.3. The summed E-state index contributed by atoms with van der Waals surface area (Å²) in [5.41, 5.74) is 0.677. The van der Waals surface area contributed by atoms with Crippen molar-refractivity contribution in [3.8, 4) is 0 Å². The molecule has 2 rings (SSSR count). The zero-order valence-electron chi connectivity index (χ0n) is 13.5. The summed E-state index contributed by atoms with van der Waals surface area (Å²) in [6, 6.07) is 1.92. The van der Waals surface area contributed by atoms with Gasteiger partial charge < -0.3 is 10.6 Å². The van der Waals surface area contributed by atoms with E-state index in [4.69, 9.17) is 0 Å². The summed E-state index contributed by atoms with van der Waals surface area (Å²) in [6.45, 7) is 1.17. The SMILES string of the molecule is CNc1cc(CN(C)S(=O)(=O)N(C)C)nc([C@@H]2CCCN2)n1. The molecule has 1 aromatic heterocycles. The van der Waals surface area contributed by atoms with Crippen LogP contribution in [0.4, 0.5) is 5.82 Å². The topological polar surface area (TPSA) is 90.5 Å². The summed E-state index contributed by atoms with van der Waals surface area (Å²) in [4.78, 5) is 9.01. The van der Waals surface area contributed by atoms with E-state index in [1.165, 1.54) is 22.7 Å². The Labute approximate surface area is 132 Å². The minimum absolute atomic E-state index is 0.141. The van der Waals surface area contributed by atoms with Gasteiger partial charge in [-0.05, 0) is 19.4 Å².